The Labute approximate surface area is 217 Å². The highest BCUT2D eigenvalue weighted by Crippen LogP contribution is 2.06. The summed E-state index contributed by atoms with van der Waals surface area (Å²) in [5.41, 5.74) is 17.8. The number of carboxylic acid groups (broad SMARTS) is 1. The van der Waals surface area contributed by atoms with Crippen LogP contribution in [0.3, 0.4) is 0 Å². The average molecular weight is 535 g/mol. The number of hydrogen-bond donors (Lipinski definition) is 9. The van der Waals surface area contributed by atoms with Crippen LogP contribution in [-0.4, -0.2) is 85.4 Å². The number of unbranched alkanes of at least 4 members (excludes halogenated alkanes) is 1. The van der Waals surface area contributed by atoms with Crippen LogP contribution in [-0.2, 0) is 36.8 Å². The van der Waals surface area contributed by atoms with E-state index in [9.17, 15) is 29.1 Å². The van der Waals surface area contributed by atoms with Gasteiger partial charge in [-0.1, -0.05) is 0 Å². The van der Waals surface area contributed by atoms with Crippen molar-refractivity contribution in [3.05, 3.63) is 36.4 Å². The maximum Gasteiger partial charge on any atom is 0.326 e. The lowest BCUT2D eigenvalue weighted by atomic mass is 10.0. The molecule has 0 aliphatic rings. The fraction of sp³-hybridized carbons (Fsp3) is 0.500. The summed E-state index contributed by atoms with van der Waals surface area (Å²) in [6.45, 7) is 0.342. The Hall–Kier alpha value is -4.31. The molecular weight excluding hydrogens is 500 g/mol. The number of carbonyl (C=O) groups is 5. The Kier molecular flexibility index (Phi) is 11.9. The highest BCUT2D eigenvalue weighted by Gasteiger charge is 2.31. The molecule has 16 nitrogen and oxygen atoms in total. The van der Waals surface area contributed by atoms with Crippen LogP contribution >= 0.6 is 0 Å². The summed E-state index contributed by atoms with van der Waals surface area (Å²) < 4.78 is 0. The number of amides is 4. The molecule has 2 heterocycles. The second-order valence-electron chi connectivity index (χ2n) is 8.65. The lowest BCUT2D eigenvalue weighted by Gasteiger charge is -2.24. The maximum atomic E-state index is 13.1. The van der Waals surface area contributed by atoms with Crippen molar-refractivity contribution < 1.29 is 29.1 Å². The second kappa shape index (κ2) is 15.1. The van der Waals surface area contributed by atoms with Gasteiger partial charge in [-0.2, -0.15) is 0 Å². The van der Waals surface area contributed by atoms with Crippen LogP contribution in [0.15, 0.2) is 25.0 Å². The molecule has 0 radical (unpaired) electrons. The number of hydrogen-bond acceptors (Lipinski definition) is 9. The van der Waals surface area contributed by atoms with Gasteiger partial charge >= 0.3 is 5.97 Å². The van der Waals surface area contributed by atoms with Crippen molar-refractivity contribution in [3.63, 3.8) is 0 Å². The van der Waals surface area contributed by atoms with Crippen molar-refractivity contribution in [2.75, 3.05) is 6.54 Å². The summed E-state index contributed by atoms with van der Waals surface area (Å²) >= 11 is 0. The van der Waals surface area contributed by atoms with Gasteiger partial charge in [-0.3, -0.25) is 19.2 Å². The van der Waals surface area contributed by atoms with E-state index in [2.05, 4.69) is 35.9 Å². The third-order valence-electron chi connectivity index (χ3n) is 5.54. The van der Waals surface area contributed by atoms with Crippen LogP contribution in [0.1, 0.15) is 37.1 Å². The Bertz CT molecular complexity index is 1060. The van der Waals surface area contributed by atoms with E-state index >= 15 is 0 Å². The van der Waals surface area contributed by atoms with E-state index in [0.717, 1.165) is 0 Å². The van der Waals surface area contributed by atoms with E-state index in [-0.39, 0.29) is 19.3 Å². The van der Waals surface area contributed by atoms with E-state index in [1.54, 1.807) is 0 Å². The SMILES string of the molecule is NCCCCC(NC(=O)C(CC(N)=O)NC(=O)C(N)Cc1cnc[nH]1)C(=O)NC(Cc1cnc[nH]1)C(=O)O. The lowest BCUT2D eigenvalue weighted by Crippen LogP contribution is -2.58. The maximum absolute atomic E-state index is 13.1. The van der Waals surface area contributed by atoms with Gasteiger partial charge in [0.15, 0.2) is 0 Å². The number of rotatable bonds is 17. The molecule has 38 heavy (non-hydrogen) atoms. The number of aromatic amines is 2. The molecule has 208 valence electrons. The summed E-state index contributed by atoms with van der Waals surface area (Å²) in [5.74, 6) is -4.51. The van der Waals surface area contributed by atoms with Crippen LogP contribution in [0.2, 0.25) is 0 Å². The summed E-state index contributed by atoms with van der Waals surface area (Å²) in [7, 11) is 0. The van der Waals surface area contributed by atoms with Gasteiger partial charge < -0.3 is 48.2 Å². The van der Waals surface area contributed by atoms with Crippen molar-refractivity contribution in [3.8, 4) is 0 Å². The second-order valence-corrected chi connectivity index (χ2v) is 8.65. The predicted molar refractivity (Wildman–Crippen MR) is 133 cm³/mol. The molecule has 2 rings (SSSR count). The third kappa shape index (κ3) is 9.98. The van der Waals surface area contributed by atoms with Gasteiger partial charge in [-0.05, 0) is 25.8 Å². The van der Waals surface area contributed by atoms with Gasteiger partial charge in [0.05, 0.1) is 25.1 Å². The molecule has 2 aromatic heterocycles. The molecule has 16 heteroatoms. The van der Waals surface area contributed by atoms with Crippen LogP contribution in [0.25, 0.3) is 0 Å². The predicted octanol–water partition coefficient (Wildman–Crippen LogP) is -3.21. The number of H-pyrrole nitrogens is 2. The van der Waals surface area contributed by atoms with Crippen molar-refractivity contribution in [2.24, 2.45) is 17.2 Å². The molecule has 0 saturated heterocycles. The molecular formula is C22H34N10O6. The summed E-state index contributed by atoms with van der Waals surface area (Å²) in [4.78, 5) is 75.2. The smallest absolute Gasteiger partial charge is 0.326 e. The van der Waals surface area contributed by atoms with Gasteiger partial charge in [0, 0.05) is 36.6 Å². The monoisotopic (exact) mass is 534 g/mol. The molecule has 0 saturated carbocycles. The number of carboxylic acids is 1. The first kappa shape index (κ1) is 29.9. The van der Waals surface area contributed by atoms with Crippen molar-refractivity contribution in [1.82, 2.24) is 35.9 Å². The number of aromatic nitrogens is 4. The number of carbonyl (C=O) groups excluding carboxylic acids is 4. The first-order valence-corrected chi connectivity index (χ1v) is 11.9. The van der Waals surface area contributed by atoms with E-state index in [1.807, 2.05) is 0 Å². The van der Waals surface area contributed by atoms with E-state index in [4.69, 9.17) is 17.2 Å². The first-order valence-electron chi connectivity index (χ1n) is 11.9. The molecule has 4 atom stereocenters. The molecule has 12 N–H and O–H groups in total. The van der Waals surface area contributed by atoms with Crippen molar-refractivity contribution >= 4 is 29.6 Å². The molecule has 0 fully saturated rings. The average Bonchev–Trinajstić information content (AvgIpc) is 3.56. The van der Waals surface area contributed by atoms with Gasteiger partial charge in [0.25, 0.3) is 0 Å². The van der Waals surface area contributed by atoms with Gasteiger partial charge in [0.2, 0.25) is 23.6 Å². The number of primary amides is 1. The minimum Gasteiger partial charge on any atom is -0.480 e. The minimum absolute atomic E-state index is 0.0703. The Morgan fingerprint density at radius 1 is 0.842 bits per heavy atom. The van der Waals surface area contributed by atoms with Crippen LogP contribution in [0, 0.1) is 0 Å². The largest absolute Gasteiger partial charge is 0.480 e. The van der Waals surface area contributed by atoms with Crippen molar-refractivity contribution in [1.29, 1.82) is 0 Å². The number of nitrogens with two attached hydrogens (primary N) is 3. The standard InChI is InChI=1S/C22H34N10O6/c23-4-2-1-3-15(20(35)32-17(22(37)38)6-13-9-27-11-29-13)30-21(36)16(7-18(25)33)31-19(34)14(24)5-12-8-26-10-28-12/h8-11,14-17H,1-7,23-24H2,(H2,25,33)(H,26,28)(H,27,29)(H,30,36)(H,31,34)(H,32,35)(H,37,38). The summed E-state index contributed by atoms with van der Waals surface area (Å²) in [6, 6.07) is -4.97. The van der Waals surface area contributed by atoms with Crippen LogP contribution in [0.4, 0.5) is 0 Å². The Morgan fingerprint density at radius 2 is 1.39 bits per heavy atom. The lowest BCUT2D eigenvalue weighted by molar-refractivity contribution is -0.142. The number of nitrogens with zero attached hydrogens (tertiary/aromatic N) is 2. The van der Waals surface area contributed by atoms with E-state index < -0.39 is 60.2 Å². The zero-order chi connectivity index (χ0) is 28.1. The fourth-order valence-corrected chi connectivity index (χ4v) is 3.54. The fourth-order valence-electron chi connectivity index (χ4n) is 3.54. The minimum atomic E-state index is -1.42. The molecule has 0 aromatic carbocycles. The first-order chi connectivity index (χ1) is 18.1. The van der Waals surface area contributed by atoms with Crippen LogP contribution < -0.4 is 33.2 Å². The molecule has 0 bridgehead atoms. The van der Waals surface area contributed by atoms with E-state index in [0.29, 0.717) is 30.8 Å². The van der Waals surface area contributed by atoms with Gasteiger partial charge in [-0.25, -0.2) is 14.8 Å². The van der Waals surface area contributed by atoms with Crippen LogP contribution in [0.5, 0.6) is 0 Å². The zero-order valence-electron chi connectivity index (χ0n) is 20.7. The zero-order valence-corrected chi connectivity index (χ0v) is 20.7. The molecule has 4 amide bonds. The van der Waals surface area contributed by atoms with E-state index in [1.165, 1.54) is 25.0 Å². The normalized spacial score (nSPS) is 14.1. The molecule has 0 spiro atoms. The van der Waals surface area contributed by atoms with Gasteiger partial charge in [-0.15, -0.1) is 0 Å². The highest BCUT2D eigenvalue weighted by atomic mass is 16.4. The topological polar surface area (TPSA) is 277 Å². The third-order valence-corrected chi connectivity index (χ3v) is 5.54. The number of imidazole rings is 2. The number of nitrogens with one attached hydrogen (secondary N) is 5. The Balaban J connectivity index is 2.11. The summed E-state index contributed by atoms with van der Waals surface area (Å²) in [5, 5.41) is 16.9. The highest BCUT2D eigenvalue weighted by molar-refractivity contribution is 5.96. The quantitative estimate of drug-likeness (QED) is 0.0915. The number of aliphatic carboxylic acids is 1. The summed E-state index contributed by atoms with van der Waals surface area (Å²) in [6.07, 6.45) is 6.29. The molecule has 4 unspecified atom stereocenters. The molecule has 0 aliphatic carbocycles. The van der Waals surface area contributed by atoms with Crippen molar-refractivity contribution in [2.45, 2.75) is 62.7 Å². The molecule has 2 aromatic rings. The Morgan fingerprint density at radius 3 is 1.92 bits per heavy atom. The molecule has 0 aliphatic heterocycles. The van der Waals surface area contributed by atoms with Gasteiger partial charge in [0.1, 0.15) is 18.1 Å².